The van der Waals surface area contributed by atoms with Crippen molar-refractivity contribution in [3.05, 3.63) is 90.3 Å². The number of aromatic nitrogens is 3. The van der Waals surface area contributed by atoms with E-state index in [9.17, 15) is 4.79 Å². The maximum absolute atomic E-state index is 13.2. The summed E-state index contributed by atoms with van der Waals surface area (Å²) in [5.74, 6) is 0.543. The Morgan fingerprint density at radius 1 is 0.926 bits per heavy atom. The predicted molar refractivity (Wildman–Crippen MR) is 107 cm³/mol. The summed E-state index contributed by atoms with van der Waals surface area (Å²) in [5, 5.41) is 0. The standard InChI is InChI=1S/C22H16N4O/c23-19-18(22-24-15-10-4-5-11-16(15)25-22)17-12-6-7-13-26(17)20(19)21(27)14-8-2-1-3-9-14/h1-13H,23H2,(H,24,25). The van der Waals surface area contributed by atoms with Gasteiger partial charge in [0.05, 0.1) is 27.8 Å². The number of aromatic amines is 1. The third-order valence-electron chi connectivity index (χ3n) is 4.76. The van der Waals surface area contributed by atoms with Crippen LogP contribution in [0.3, 0.4) is 0 Å². The lowest BCUT2D eigenvalue weighted by molar-refractivity contribution is 0.103. The lowest BCUT2D eigenvalue weighted by Gasteiger charge is -2.03. The number of ketones is 1. The molecular formula is C22H16N4O. The van der Waals surface area contributed by atoms with Crippen molar-refractivity contribution in [1.82, 2.24) is 14.4 Å². The minimum atomic E-state index is -0.114. The van der Waals surface area contributed by atoms with Crippen LogP contribution in [0.4, 0.5) is 5.69 Å². The highest BCUT2D eigenvalue weighted by molar-refractivity contribution is 6.15. The van der Waals surface area contributed by atoms with Crippen LogP contribution in [0.1, 0.15) is 16.1 Å². The molecule has 130 valence electrons. The number of hydrogen-bond acceptors (Lipinski definition) is 3. The van der Waals surface area contributed by atoms with Gasteiger partial charge in [0, 0.05) is 11.8 Å². The minimum Gasteiger partial charge on any atom is -0.396 e. The third kappa shape index (κ3) is 2.33. The molecule has 0 spiro atoms. The van der Waals surface area contributed by atoms with Crippen LogP contribution < -0.4 is 5.73 Å². The number of nitrogens with zero attached hydrogens (tertiary/aromatic N) is 2. The molecule has 0 bridgehead atoms. The molecule has 0 saturated carbocycles. The summed E-state index contributed by atoms with van der Waals surface area (Å²) in [4.78, 5) is 21.2. The number of carbonyl (C=O) groups is 1. The first-order valence-corrected chi connectivity index (χ1v) is 8.67. The highest BCUT2D eigenvalue weighted by atomic mass is 16.1. The van der Waals surface area contributed by atoms with Crippen molar-refractivity contribution >= 4 is 28.0 Å². The summed E-state index contributed by atoms with van der Waals surface area (Å²) >= 11 is 0. The fourth-order valence-corrected chi connectivity index (χ4v) is 3.51. The predicted octanol–water partition coefficient (Wildman–Crippen LogP) is 4.30. The van der Waals surface area contributed by atoms with Gasteiger partial charge in [0.15, 0.2) is 0 Å². The summed E-state index contributed by atoms with van der Waals surface area (Å²) in [7, 11) is 0. The van der Waals surface area contributed by atoms with E-state index in [1.54, 1.807) is 12.1 Å². The molecule has 0 amide bonds. The summed E-state index contributed by atoms with van der Waals surface area (Å²) in [5.41, 5.74) is 11.4. The van der Waals surface area contributed by atoms with Crippen LogP contribution in [0.5, 0.6) is 0 Å². The summed E-state index contributed by atoms with van der Waals surface area (Å²) < 4.78 is 1.84. The highest BCUT2D eigenvalue weighted by Crippen LogP contribution is 2.36. The van der Waals surface area contributed by atoms with Crippen molar-refractivity contribution in [2.45, 2.75) is 0 Å². The average molecular weight is 352 g/mol. The molecule has 0 aliphatic heterocycles. The van der Waals surface area contributed by atoms with Crippen molar-refractivity contribution < 1.29 is 4.79 Å². The lowest BCUT2D eigenvalue weighted by atomic mass is 10.1. The van der Waals surface area contributed by atoms with E-state index in [1.165, 1.54) is 0 Å². The Balaban J connectivity index is 1.79. The van der Waals surface area contributed by atoms with Crippen molar-refractivity contribution in [1.29, 1.82) is 0 Å². The van der Waals surface area contributed by atoms with Crippen molar-refractivity contribution in [3.8, 4) is 11.4 Å². The van der Waals surface area contributed by atoms with Gasteiger partial charge in [-0.2, -0.15) is 0 Å². The molecule has 3 N–H and O–H groups in total. The van der Waals surface area contributed by atoms with E-state index < -0.39 is 0 Å². The molecule has 5 heteroatoms. The van der Waals surface area contributed by atoms with Crippen LogP contribution in [0.15, 0.2) is 79.0 Å². The van der Waals surface area contributed by atoms with E-state index in [0.29, 0.717) is 22.8 Å². The molecule has 0 aliphatic carbocycles. The molecule has 0 unspecified atom stereocenters. The van der Waals surface area contributed by atoms with Gasteiger partial charge in [-0.05, 0) is 24.3 Å². The van der Waals surface area contributed by atoms with E-state index >= 15 is 0 Å². The highest BCUT2D eigenvalue weighted by Gasteiger charge is 2.24. The normalized spacial score (nSPS) is 11.3. The second-order valence-electron chi connectivity index (χ2n) is 6.39. The monoisotopic (exact) mass is 352 g/mol. The summed E-state index contributed by atoms with van der Waals surface area (Å²) in [6, 6.07) is 22.7. The van der Waals surface area contributed by atoms with E-state index in [0.717, 1.165) is 22.1 Å². The van der Waals surface area contributed by atoms with E-state index in [4.69, 9.17) is 5.73 Å². The molecule has 0 radical (unpaired) electrons. The number of fused-ring (bicyclic) bond motifs is 2. The molecule has 5 nitrogen and oxygen atoms in total. The molecule has 27 heavy (non-hydrogen) atoms. The molecular weight excluding hydrogens is 336 g/mol. The average Bonchev–Trinajstić information content (AvgIpc) is 3.25. The fraction of sp³-hybridized carbons (Fsp3) is 0. The number of rotatable bonds is 3. The molecule has 5 rings (SSSR count). The number of nitrogen functional groups attached to an aromatic ring is 1. The lowest BCUT2D eigenvalue weighted by Crippen LogP contribution is -2.07. The Morgan fingerprint density at radius 2 is 1.67 bits per heavy atom. The van der Waals surface area contributed by atoms with Gasteiger partial charge in [-0.15, -0.1) is 0 Å². The number of anilines is 1. The maximum Gasteiger partial charge on any atom is 0.211 e. The van der Waals surface area contributed by atoms with E-state index in [2.05, 4.69) is 9.97 Å². The van der Waals surface area contributed by atoms with Crippen LogP contribution in [-0.2, 0) is 0 Å². The Bertz CT molecular complexity index is 1270. The zero-order valence-electron chi connectivity index (χ0n) is 14.4. The van der Waals surface area contributed by atoms with Gasteiger partial charge in [0.1, 0.15) is 11.5 Å². The molecule has 0 aliphatic rings. The number of nitrogens with one attached hydrogen (secondary N) is 1. The molecule has 3 heterocycles. The number of para-hydroxylation sites is 2. The second kappa shape index (κ2) is 5.85. The number of imidazole rings is 1. The SMILES string of the molecule is Nc1c(-c2nc3ccccc3[nH]2)c2ccccn2c1C(=O)c1ccccc1. The van der Waals surface area contributed by atoms with Crippen molar-refractivity contribution in [3.63, 3.8) is 0 Å². The molecule has 0 saturated heterocycles. The van der Waals surface area contributed by atoms with Gasteiger partial charge in [0.25, 0.3) is 0 Å². The first-order valence-electron chi connectivity index (χ1n) is 8.67. The van der Waals surface area contributed by atoms with Crippen molar-refractivity contribution in [2.24, 2.45) is 0 Å². The number of carbonyl (C=O) groups excluding carboxylic acids is 1. The summed E-state index contributed by atoms with van der Waals surface area (Å²) in [6.45, 7) is 0. The fourth-order valence-electron chi connectivity index (χ4n) is 3.51. The summed E-state index contributed by atoms with van der Waals surface area (Å²) in [6.07, 6.45) is 1.86. The minimum absolute atomic E-state index is 0.114. The van der Waals surface area contributed by atoms with Gasteiger partial charge < -0.3 is 15.1 Å². The molecule has 2 aromatic carbocycles. The van der Waals surface area contributed by atoms with Gasteiger partial charge >= 0.3 is 0 Å². The first-order chi connectivity index (χ1) is 13.2. The van der Waals surface area contributed by atoms with Crippen LogP contribution in [0, 0.1) is 0 Å². The van der Waals surface area contributed by atoms with Gasteiger partial charge in [0.2, 0.25) is 5.78 Å². The Morgan fingerprint density at radius 3 is 2.48 bits per heavy atom. The Hall–Kier alpha value is -3.86. The van der Waals surface area contributed by atoms with Crippen molar-refractivity contribution in [2.75, 3.05) is 5.73 Å². The van der Waals surface area contributed by atoms with Gasteiger partial charge in [-0.25, -0.2) is 4.98 Å². The zero-order valence-corrected chi connectivity index (χ0v) is 14.4. The van der Waals surface area contributed by atoms with Crippen LogP contribution in [0.25, 0.3) is 27.9 Å². The molecule has 5 aromatic rings. The maximum atomic E-state index is 13.2. The van der Waals surface area contributed by atoms with Crippen LogP contribution in [-0.4, -0.2) is 20.2 Å². The third-order valence-corrected chi connectivity index (χ3v) is 4.76. The smallest absolute Gasteiger partial charge is 0.211 e. The van der Waals surface area contributed by atoms with Crippen LogP contribution >= 0.6 is 0 Å². The Labute approximate surface area is 155 Å². The van der Waals surface area contributed by atoms with E-state index in [-0.39, 0.29) is 5.78 Å². The molecule has 0 atom stereocenters. The number of pyridine rings is 1. The van der Waals surface area contributed by atoms with E-state index in [1.807, 2.05) is 71.3 Å². The Kier molecular flexibility index (Phi) is 3.33. The topological polar surface area (TPSA) is 76.2 Å². The van der Waals surface area contributed by atoms with Crippen LogP contribution in [0.2, 0.25) is 0 Å². The number of nitrogens with two attached hydrogens (primary N) is 1. The largest absolute Gasteiger partial charge is 0.396 e. The zero-order chi connectivity index (χ0) is 18.4. The number of benzene rings is 2. The number of hydrogen-bond donors (Lipinski definition) is 2. The van der Waals surface area contributed by atoms with Gasteiger partial charge in [-0.3, -0.25) is 4.79 Å². The molecule has 3 aromatic heterocycles. The van der Waals surface area contributed by atoms with Gasteiger partial charge in [-0.1, -0.05) is 48.5 Å². The molecule has 0 fully saturated rings. The number of H-pyrrole nitrogens is 1. The quantitative estimate of drug-likeness (QED) is 0.475. The first kappa shape index (κ1) is 15.4. The second-order valence-corrected chi connectivity index (χ2v) is 6.39.